The second kappa shape index (κ2) is 25.3. The van der Waals surface area contributed by atoms with Crippen LogP contribution < -0.4 is 18.3 Å². The molecule has 0 unspecified atom stereocenters. The highest BCUT2D eigenvalue weighted by Gasteiger charge is 2.47. The summed E-state index contributed by atoms with van der Waals surface area (Å²) in [4.78, 5) is 0. The number of unbranched alkanes of at least 4 members (excludes halogenated alkanes) is 10. The van der Waals surface area contributed by atoms with Crippen molar-refractivity contribution in [3.63, 3.8) is 0 Å². The summed E-state index contributed by atoms with van der Waals surface area (Å²) in [7, 11) is 0. The summed E-state index contributed by atoms with van der Waals surface area (Å²) in [5.74, 6) is 0. The molecule has 3 saturated heterocycles. The number of fused-ring (bicyclic) bond motifs is 3. The van der Waals surface area contributed by atoms with Crippen LogP contribution in [0.3, 0.4) is 0 Å². The molecule has 68 heavy (non-hydrogen) atoms. The SMILES string of the molecule is CCCCCCCCn1cc[n+](Cc2ccc(C[n+]3ccn(C/C=C/C[N+]45CC[N+](C/C=C/Cn6cc[n+](Cc7ccc(C[n+]8ccn(CCCCCCCC)c8)cc7)c6)(CC4)CC5)c3)cc2)c1. The number of piperazine rings is 3. The smallest absolute Gasteiger partial charge is 0.244 e. The van der Waals surface area contributed by atoms with Crippen molar-refractivity contribution in [3.8, 4) is 0 Å². The number of quaternary nitrogens is 2. The Hall–Kier alpha value is -5.32. The Labute approximate surface area is 409 Å². The van der Waals surface area contributed by atoms with Gasteiger partial charge in [0.25, 0.3) is 0 Å². The summed E-state index contributed by atoms with van der Waals surface area (Å²) >= 11 is 0. The quantitative estimate of drug-likeness (QED) is 0.0189. The van der Waals surface area contributed by atoms with Crippen LogP contribution in [0.25, 0.3) is 0 Å². The van der Waals surface area contributed by atoms with Gasteiger partial charge >= 0.3 is 0 Å². The lowest BCUT2D eigenvalue weighted by atomic mass is 10.1. The highest BCUT2D eigenvalue weighted by Crippen LogP contribution is 2.26. The molecule has 0 radical (unpaired) electrons. The van der Waals surface area contributed by atoms with Crippen LogP contribution in [0.1, 0.15) is 113 Å². The number of hydrogen-bond donors (Lipinski definition) is 0. The molecular formula is C58H86N10+6. The molecule has 3 fully saturated rings. The van der Waals surface area contributed by atoms with Gasteiger partial charge < -0.3 is 8.97 Å². The van der Waals surface area contributed by atoms with E-state index in [4.69, 9.17) is 0 Å². The minimum atomic E-state index is 0.895. The van der Waals surface area contributed by atoms with E-state index in [0.29, 0.717) is 0 Å². The third-order valence-corrected chi connectivity index (χ3v) is 15.1. The zero-order chi connectivity index (χ0) is 46.7. The van der Waals surface area contributed by atoms with Crippen LogP contribution in [-0.4, -0.2) is 79.6 Å². The maximum Gasteiger partial charge on any atom is 0.244 e. The zero-order valence-corrected chi connectivity index (χ0v) is 42.1. The first-order chi connectivity index (χ1) is 33.4. The fraction of sp³-hybridized carbons (Fsp3) is 0.517. The zero-order valence-electron chi connectivity index (χ0n) is 42.1. The number of aryl methyl sites for hydroxylation is 2. The molecule has 0 aliphatic carbocycles. The standard InChI is InChI=1S/C58H86N10/c1-3-5-7-9-11-13-27-59-31-35-63(51-59)47-55-19-23-57(24-20-55)49-65-37-33-61(53-65)29-15-17-39-67-41-44-68(45-42-67,46-43-67)40-18-16-30-62-34-38-66(54-62)50-58-25-21-56(22-26-58)48-64-36-32-60(52-64)28-14-12-10-8-6-4-2/h15-26,31-38,51-54H,3-14,27-30,39-50H2,1-2H3/q+6/b17-15+,18-16+. The van der Waals surface area contributed by atoms with Gasteiger partial charge in [-0.3, -0.25) is 0 Å². The van der Waals surface area contributed by atoms with Crippen molar-refractivity contribution in [2.24, 2.45) is 0 Å². The molecule has 0 spiro atoms. The molecule has 9 rings (SSSR count). The molecule has 3 aliphatic rings. The Morgan fingerprint density at radius 2 is 0.676 bits per heavy atom. The van der Waals surface area contributed by atoms with Crippen molar-refractivity contribution >= 4 is 0 Å². The van der Waals surface area contributed by atoms with Gasteiger partial charge in [0, 0.05) is 0 Å². The monoisotopic (exact) mass is 923 g/mol. The summed E-state index contributed by atoms with van der Waals surface area (Å²) in [6, 6.07) is 18.3. The molecule has 10 nitrogen and oxygen atoms in total. The fourth-order valence-electron chi connectivity index (χ4n) is 10.6. The summed E-state index contributed by atoms with van der Waals surface area (Å²) in [6.07, 6.45) is 52.5. The summed E-state index contributed by atoms with van der Waals surface area (Å²) < 4.78 is 21.0. The normalized spacial score (nSPS) is 18.2. The van der Waals surface area contributed by atoms with Crippen molar-refractivity contribution in [2.75, 3.05) is 52.4 Å². The minimum absolute atomic E-state index is 0.895. The molecular weight excluding hydrogens is 837 g/mol. The van der Waals surface area contributed by atoms with Crippen molar-refractivity contribution in [2.45, 2.75) is 143 Å². The first kappa shape index (κ1) is 49.1. The average molecular weight is 923 g/mol. The Bertz CT molecular complexity index is 2230. The average Bonchev–Trinajstić information content (AvgIpc) is 4.21. The van der Waals surface area contributed by atoms with Gasteiger partial charge in [0.2, 0.25) is 25.3 Å². The first-order valence-corrected chi connectivity index (χ1v) is 26.8. The van der Waals surface area contributed by atoms with E-state index in [2.05, 4.69) is 198 Å². The number of aromatic nitrogens is 8. The van der Waals surface area contributed by atoms with Crippen LogP contribution in [0.5, 0.6) is 0 Å². The van der Waals surface area contributed by atoms with Gasteiger partial charge in [-0.2, -0.15) is 0 Å². The Balaban J connectivity index is 0.689. The number of hydrogen-bond acceptors (Lipinski definition) is 0. The summed E-state index contributed by atoms with van der Waals surface area (Å²) in [5, 5.41) is 0. The second-order valence-corrected chi connectivity index (χ2v) is 20.7. The van der Waals surface area contributed by atoms with E-state index in [0.717, 1.165) is 65.4 Å². The molecule has 0 saturated carbocycles. The number of rotatable bonds is 30. The van der Waals surface area contributed by atoms with Crippen LogP contribution in [0.4, 0.5) is 0 Å². The second-order valence-electron chi connectivity index (χ2n) is 20.7. The lowest BCUT2D eigenvalue weighted by molar-refractivity contribution is -1.08. The molecule has 0 amide bonds. The molecule has 0 N–H and O–H groups in total. The lowest BCUT2D eigenvalue weighted by Gasteiger charge is -2.55. The molecule has 2 bridgehead atoms. The van der Waals surface area contributed by atoms with Crippen LogP contribution in [0.2, 0.25) is 0 Å². The molecule has 6 aromatic rings. The Morgan fingerprint density at radius 3 is 1.01 bits per heavy atom. The molecule has 2 aromatic carbocycles. The number of allylic oxidation sites excluding steroid dienone is 2. The van der Waals surface area contributed by atoms with E-state index in [1.165, 1.54) is 148 Å². The highest BCUT2D eigenvalue weighted by atomic mass is 15.5. The molecule has 362 valence electrons. The molecule has 3 aliphatic heterocycles. The number of benzene rings is 2. The third kappa shape index (κ3) is 15.1. The maximum absolute atomic E-state index is 2.46. The molecule has 0 atom stereocenters. The van der Waals surface area contributed by atoms with Gasteiger partial charge in [-0.05, 0) is 72.2 Å². The van der Waals surface area contributed by atoms with Gasteiger partial charge in [-0.25, -0.2) is 36.5 Å². The third-order valence-electron chi connectivity index (χ3n) is 15.1. The number of imidazole rings is 4. The lowest BCUT2D eigenvalue weighted by Crippen LogP contribution is -2.74. The van der Waals surface area contributed by atoms with E-state index in [1.54, 1.807) is 0 Å². The van der Waals surface area contributed by atoms with Gasteiger partial charge in [0.1, 0.15) is 128 Å². The first-order valence-electron chi connectivity index (χ1n) is 26.8. The maximum atomic E-state index is 2.46. The molecule has 4 aromatic heterocycles. The van der Waals surface area contributed by atoms with Crippen LogP contribution in [0.15, 0.2) is 148 Å². The van der Waals surface area contributed by atoms with E-state index < -0.39 is 0 Å². The largest absolute Gasteiger partial charge is 0.306 e. The molecule has 7 heterocycles. The van der Waals surface area contributed by atoms with E-state index in [1.807, 2.05) is 0 Å². The predicted octanol–water partition coefficient (Wildman–Crippen LogP) is 8.43. The van der Waals surface area contributed by atoms with Crippen molar-refractivity contribution in [3.05, 3.63) is 170 Å². The van der Waals surface area contributed by atoms with Crippen LogP contribution in [0, 0.1) is 0 Å². The van der Waals surface area contributed by atoms with Gasteiger partial charge in [0.15, 0.2) is 0 Å². The van der Waals surface area contributed by atoms with Crippen LogP contribution >= 0.6 is 0 Å². The van der Waals surface area contributed by atoms with Crippen molar-refractivity contribution < 1.29 is 27.2 Å². The van der Waals surface area contributed by atoms with Crippen molar-refractivity contribution in [1.29, 1.82) is 0 Å². The van der Waals surface area contributed by atoms with E-state index in [-0.39, 0.29) is 0 Å². The Morgan fingerprint density at radius 1 is 0.382 bits per heavy atom. The summed E-state index contributed by atoms with van der Waals surface area (Å²) in [6.45, 7) is 22.4. The van der Waals surface area contributed by atoms with E-state index >= 15 is 0 Å². The predicted molar refractivity (Wildman–Crippen MR) is 272 cm³/mol. The Kier molecular flexibility index (Phi) is 18.3. The summed E-state index contributed by atoms with van der Waals surface area (Å²) in [5.41, 5.74) is 5.37. The minimum Gasteiger partial charge on any atom is -0.306 e. The van der Waals surface area contributed by atoms with Crippen molar-refractivity contribution in [1.82, 2.24) is 18.3 Å². The fourth-order valence-corrected chi connectivity index (χ4v) is 10.6. The van der Waals surface area contributed by atoms with E-state index in [9.17, 15) is 0 Å². The van der Waals surface area contributed by atoms with Gasteiger partial charge in [0.05, 0.1) is 26.2 Å². The number of nitrogens with zero attached hydrogens (tertiary/aromatic N) is 10. The highest BCUT2D eigenvalue weighted by molar-refractivity contribution is 5.22. The van der Waals surface area contributed by atoms with Gasteiger partial charge in [-0.15, -0.1) is 0 Å². The molecule has 10 heteroatoms. The van der Waals surface area contributed by atoms with Crippen LogP contribution in [-0.2, 0) is 52.4 Å². The van der Waals surface area contributed by atoms with Gasteiger partial charge in [-0.1, -0.05) is 114 Å². The topological polar surface area (TPSA) is 35.2 Å².